The molecule has 7 nitrogen and oxygen atoms in total. The number of carbonyl (C=O) groups excluding carboxylic acids is 1. The van der Waals surface area contributed by atoms with E-state index in [-0.39, 0.29) is 35.9 Å². The molecule has 0 radical (unpaired) electrons. The van der Waals surface area contributed by atoms with E-state index >= 15 is 0 Å². The van der Waals surface area contributed by atoms with Gasteiger partial charge >= 0.3 is 0 Å². The van der Waals surface area contributed by atoms with Gasteiger partial charge in [-0.15, -0.1) is 24.0 Å². The first-order valence-electron chi connectivity index (χ1n) is 9.45. The van der Waals surface area contributed by atoms with E-state index in [1.165, 1.54) is 5.56 Å². The SMILES string of the molecule is CCC(C)NC(=O)CCNC(=NC)NCCc1ccc(-n2cccn2)cc1.I. The average Bonchev–Trinajstić information content (AvgIpc) is 3.22. The van der Waals surface area contributed by atoms with E-state index in [9.17, 15) is 4.79 Å². The number of guanidine groups is 1. The van der Waals surface area contributed by atoms with Gasteiger partial charge in [0.1, 0.15) is 0 Å². The molecule has 154 valence electrons. The van der Waals surface area contributed by atoms with Crippen LogP contribution in [0.4, 0.5) is 0 Å². The second-order valence-electron chi connectivity index (χ2n) is 6.42. The maximum atomic E-state index is 11.8. The smallest absolute Gasteiger partial charge is 0.221 e. The normalized spacial score (nSPS) is 12.0. The molecule has 28 heavy (non-hydrogen) atoms. The molecule has 0 fully saturated rings. The van der Waals surface area contributed by atoms with Crippen molar-refractivity contribution in [3.8, 4) is 5.69 Å². The van der Waals surface area contributed by atoms with Gasteiger partial charge in [-0.3, -0.25) is 9.79 Å². The lowest BCUT2D eigenvalue weighted by Crippen LogP contribution is -2.41. The summed E-state index contributed by atoms with van der Waals surface area (Å²) < 4.78 is 1.84. The van der Waals surface area contributed by atoms with Gasteiger partial charge in [0, 0.05) is 45.0 Å². The maximum absolute atomic E-state index is 11.8. The van der Waals surface area contributed by atoms with Crippen LogP contribution in [0.5, 0.6) is 0 Å². The van der Waals surface area contributed by atoms with Crippen molar-refractivity contribution < 1.29 is 4.79 Å². The van der Waals surface area contributed by atoms with E-state index in [2.05, 4.69) is 57.2 Å². The molecule has 8 heteroatoms. The Bertz CT molecular complexity index is 715. The zero-order valence-electron chi connectivity index (χ0n) is 16.8. The van der Waals surface area contributed by atoms with Gasteiger partial charge in [-0.25, -0.2) is 4.68 Å². The van der Waals surface area contributed by atoms with Crippen LogP contribution in [-0.2, 0) is 11.2 Å². The quantitative estimate of drug-likeness (QED) is 0.282. The predicted molar refractivity (Wildman–Crippen MR) is 125 cm³/mol. The highest BCUT2D eigenvalue weighted by molar-refractivity contribution is 14.0. The van der Waals surface area contributed by atoms with Crippen LogP contribution in [0.3, 0.4) is 0 Å². The number of nitrogens with one attached hydrogen (secondary N) is 3. The number of amides is 1. The lowest BCUT2D eigenvalue weighted by atomic mass is 10.1. The van der Waals surface area contributed by atoms with Gasteiger partial charge in [-0.2, -0.15) is 5.10 Å². The van der Waals surface area contributed by atoms with E-state index in [1.807, 2.05) is 23.9 Å². The van der Waals surface area contributed by atoms with E-state index in [4.69, 9.17) is 0 Å². The number of benzene rings is 1. The van der Waals surface area contributed by atoms with Crippen molar-refractivity contribution in [3.63, 3.8) is 0 Å². The van der Waals surface area contributed by atoms with Gasteiger partial charge in [0.25, 0.3) is 0 Å². The summed E-state index contributed by atoms with van der Waals surface area (Å²) in [5.41, 5.74) is 2.28. The molecule has 0 aliphatic heterocycles. The maximum Gasteiger partial charge on any atom is 0.221 e. The Morgan fingerprint density at radius 3 is 2.54 bits per heavy atom. The Morgan fingerprint density at radius 1 is 1.21 bits per heavy atom. The lowest BCUT2D eigenvalue weighted by molar-refractivity contribution is -0.121. The van der Waals surface area contributed by atoms with Crippen LogP contribution < -0.4 is 16.0 Å². The molecule has 0 aliphatic carbocycles. The molecule has 1 unspecified atom stereocenters. The van der Waals surface area contributed by atoms with Crippen LogP contribution in [0.1, 0.15) is 32.3 Å². The zero-order chi connectivity index (χ0) is 19.5. The number of carbonyl (C=O) groups is 1. The van der Waals surface area contributed by atoms with Crippen molar-refractivity contribution in [1.29, 1.82) is 0 Å². The molecule has 0 saturated carbocycles. The highest BCUT2D eigenvalue weighted by Crippen LogP contribution is 2.08. The van der Waals surface area contributed by atoms with Crippen molar-refractivity contribution in [2.75, 3.05) is 20.1 Å². The fourth-order valence-electron chi connectivity index (χ4n) is 2.53. The molecule has 0 bridgehead atoms. The van der Waals surface area contributed by atoms with Gasteiger partial charge in [-0.05, 0) is 43.5 Å². The van der Waals surface area contributed by atoms with Crippen molar-refractivity contribution >= 4 is 35.8 Å². The molecular formula is C20H31IN6O. The summed E-state index contributed by atoms with van der Waals surface area (Å²) in [5, 5.41) is 13.6. The van der Waals surface area contributed by atoms with Crippen molar-refractivity contribution in [2.24, 2.45) is 4.99 Å². The molecule has 1 heterocycles. The Hall–Kier alpha value is -2.10. The largest absolute Gasteiger partial charge is 0.356 e. The van der Waals surface area contributed by atoms with Crippen LogP contribution in [-0.4, -0.2) is 47.8 Å². The number of rotatable bonds is 9. The van der Waals surface area contributed by atoms with Gasteiger partial charge in [0.2, 0.25) is 5.91 Å². The van der Waals surface area contributed by atoms with Gasteiger partial charge in [0.05, 0.1) is 5.69 Å². The monoisotopic (exact) mass is 498 g/mol. The first-order valence-corrected chi connectivity index (χ1v) is 9.45. The first kappa shape index (κ1) is 23.9. The standard InChI is InChI=1S/C20H30N6O.HI/c1-4-16(2)25-19(27)11-14-23-20(21-3)22-13-10-17-6-8-18(9-7-17)26-15-5-12-24-26;/h5-9,12,15-16H,4,10-11,13-14H2,1-3H3,(H,25,27)(H2,21,22,23);1H. The highest BCUT2D eigenvalue weighted by Gasteiger charge is 2.05. The zero-order valence-corrected chi connectivity index (χ0v) is 19.1. The van der Waals surface area contributed by atoms with Crippen LogP contribution in [0.15, 0.2) is 47.7 Å². The molecule has 1 amide bonds. The summed E-state index contributed by atoms with van der Waals surface area (Å²) in [6, 6.07) is 10.5. The predicted octanol–water partition coefficient (Wildman–Crippen LogP) is 2.50. The van der Waals surface area contributed by atoms with Gasteiger partial charge in [0.15, 0.2) is 5.96 Å². The number of nitrogens with zero attached hydrogens (tertiary/aromatic N) is 3. The average molecular weight is 498 g/mol. The van der Waals surface area contributed by atoms with Crippen LogP contribution in [0.25, 0.3) is 5.69 Å². The van der Waals surface area contributed by atoms with Gasteiger partial charge in [-0.1, -0.05) is 19.1 Å². The molecule has 1 aromatic heterocycles. The molecular weight excluding hydrogens is 467 g/mol. The number of hydrogen-bond donors (Lipinski definition) is 3. The van der Waals surface area contributed by atoms with Crippen LogP contribution in [0, 0.1) is 0 Å². The van der Waals surface area contributed by atoms with Crippen molar-refractivity contribution in [2.45, 2.75) is 39.2 Å². The van der Waals surface area contributed by atoms with Crippen LogP contribution >= 0.6 is 24.0 Å². The summed E-state index contributed by atoms with van der Waals surface area (Å²) in [6.45, 7) is 5.38. The Balaban J connectivity index is 0.00000392. The molecule has 2 rings (SSSR count). The number of aromatic nitrogens is 2. The van der Waals surface area contributed by atoms with E-state index in [0.29, 0.717) is 18.9 Å². The van der Waals surface area contributed by atoms with E-state index in [0.717, 1.165) is 25.1 Å². The summed E-state index contributed by atoms with van der Waals surface area (Å²) in [7, 11) is 1.73. The van der Waals surface area contributed by atoms with Gasteiger partial charge < -0.3 is 16.0 Å². The van der Waals surface area contributed by atoms with Crippen molar-refractivity contribution in [3.05, 3.63) is 48.3 Å². The topological polar surface area (TPSA) is 83.3 Å². The Kier molecular flexibility index (Phi) is 11.2. The summed E-state index contributed by atoms with van der Waals surface area (Å²) in [5.74, 6) is 0.768. The molecule has 1 atom stereocenters. The molecule has 0 spiro atoms. The fourth-order valence-corrected chi connectivity index (χ4v) is 2.53. The third-order valence-electron chi connectivity index (χ3n) is 4.30. The third kappa shape index (κ3) is 8.28. The summed E-state index contributed by atoms with van der Waals surface area (Å²) in [6.07, 6.45) is 5.94. The highest BCUT2D eigenvalue weighted by atomic mass is 127. The molecule has 0 saturated heterocycles. The minimum atomic E-state index is 0. The Morgan fingerprint density at radius 2 is 1.93 bits per heavy atom. The number of halogens is 1. The summed E-state index contributed by atoms with van der Waals surface area (Å²) in [4.78, 5) is 16.0. The molecule has 1 aromatic carbocycles. The number of aliphatic imine (C=N–C) groups is 1. The third-order valence-corrected chi connectivity index (χ3v) is 4.30. The minimum Gasteiger partial charge on any atom is -0.356 e. The first-order chi connectivity index (χ1) is 13.1. The second kappa shape index (κ2) is 13.1. The summed E-state index contributed by atoms with van der Waals surface area (Å²) >= 11 is 0. The molecule has 3 N–H and O–H groups in total. The van der Waals surface area contributed by atoms with E-state index in [1.54, 1.807) is 13.2 Å². The van der Waals surface area contributed by atoms with E-state index < -0.39 is 0 Å². The Labute approximate surface area is 184 Å². The molecule has 0 aliphatic rings. The van der Waals surface area contributed by atoms with Crippen molar-refractivity contribution in [1.82, 2.24) is 25.7 Å². The number of hydrogen-bond acceptors (Lipinski definition) is 3. The fraction of sp³-hybridized carbons (Fsp3) is 0.450. The minimum absolute atomic E-state index is 0. The second-order valence-corrected chi connectivity index (χ2v) is 6.42. The van der Waals surface area contributed by atoms with Crippen LogP contribution in [0.2, 0.25) is 0 Å². The molecule has 2 aromatic rings. The lowest BCUT2D eigenvalue weighted by Gasteiger charge is -2.14.